The molecule has 0 spiro atoms. The fourth-order valence-corrected chi connectivity index (χ4v) is 1.97. The molecule has 0 radical (unpaired) electrons. The van der Waals surface area contributed by atoms with E-state index in [1.54, 1.807) is 19.2 Å². The third-order valence-electron chi connectivity index (χ3n) is 2.56. The Morgan fingerprint density at radius 1 is 1.15 bits per heavy atom. The molecule has 0 aliphatic carbocycles. The van der Waals surface area contributed by atoms with Gasteiger partial charge in [0.1, 0.15) is 11.5 Å². The number of amides is 1. The maximum atomic E-state index is 11.8. The zero-order chi connectivity index (χ0) is 14.4. The van der Waals surface area contributed by atoms with Gasteiger partial charge in [0.2, 0.25) is 0 Å². The minimum Gasteiger partial charge on any atom is -0.495 e. The molecule has 1 amide bonds. The summed E-state index contributed by atoms with van der Waals surface area (Å²) < 4.78 is 11.7. The van der Waals surface area contributed by atoms with Crippen LogP contribution in [0.3, 0.4) is 0 Å². The van der Waals surface area contributed by atoms with Gasteiger partial charge >= 0.3 is 0 Å². The molecule has 2 aromatic carbocycles. The zero-order valence-electron chi connectivity index (χ0n) is 10.9. The maximum absolute atomic E-state index is 11.8. The highest BCUT2D eigenvalue weighted by Gasteiger charge is 2.07. The van der Waals surface area contributed by atoms with E-state index in [1.807, 2.05) is 36.4 Å². The lowest BCUT2D eigenvalue weighted by molar-refractivity contribution is -0.118. The van der Waals surface area contributed by atoms with Crippen LogP contribution in [-0.4, -0.2) is 19.6 Å². The second-order valence-corrected chi connectivity index (χ2v) is 5.24. The van der Waals surface area contributed by atoms with Gasteiger partial charge in [0, 0.05) is 3.57 Å². The van der Waals surface area contributed by atoms with Crippen molar-refractivity contribution in [3.8, 4) is 11.5 Å². The molecule has 0 saturated carbocycles. The van der Waals surface area contributed by atoms with Crippen LogP contribution >= 0.6 is 22.6 Å². The first kappa shape index (κ1) is 14.6. The number of para-hydroxylation sites is 2. The molecule has 0 heterocycles. The van der Waals surface area contributed by atoms with Crippen LogP contribution in [0, 0.1) is 3.57 Å². The Balaban J connectivity index is 1.91. The molecule has 2 rings (SSSR count). The normalized spacial score (nSPS) is 9.90. The Bertz CT molecular complexity index is 584. The van der Waals surface area contributed by atoms with Gasteiger partial charge in [0.15, 0.2) is 6.61 Å². The van der Waals surface area contributed by atoms with Gasteiger partial charge in [0.25, 0.3) is 5.91 Å². The number of anilines is 1. The highest BCUT2D eigenvalue weighted by molar-refractivity contribution is 14.1. The highest BCUT2D eigenvalue weighted by Crippen LogP contribution is 2.22. The van der Waals surface area contributed by atoms with E-state index in [4.69, 9.17) is 9.47 Å². The third kappa shape index (κ3) is 4.12. The van der Waals surface area contributed by atoms with Crippen molar-refractivity contribution in [2.75, 3.05) is 19.0 Å². The number of hydrogen-bond donors (Lipinski definition) is 1. The van der Waals surface area contributed by atoms with Gasteiger partial charge in [-0.2, -0.15) is 0 Å². The van der Waals surface area contributed by atoms with Crippen molar-refractivity contribution >= 4 is 34.2 Å². The predicted octanol–water partition coefficient (Wildman–Crippen LogP) is 3.32. The van der Waals surface area contributed by atoms with E-state index >= 15 is 0 Å². The molecule has 104 valence electrons. The second-order valence-electron chi connectivity index (χ2n) is 3.99. The number of carbonyl (C=O) groups excluding carboxylic acids is 1. The van der Waals surface area contributed by atoms with Crippen LogP contribution in [-0.2, 0) is 4.79 Å². The number of methoxy groups -OCH3 is 1. The maximum Gasteiger partial charge on any atom is 0.262 e. The average Bonchev–Trinajstić information content (AvgIpc) is 2.47. The van der Waals surface area contributed by atoms with Gasteiger partial charge < -0.3 is 14.8 Å². The molecule has 0 saturated heterocycles. The van der Waals surface area contributed by atoms with Crippen molar-refractivity contribution in [2.45, 2.75) is 0 Å². The van der Waals surface area contributed by atoms with E-state index in [-0.39, 0.29) is 12.5 Å². The fraction of sp³-hybridized carbons (Fsp3) is 0.133. The molecule has 0 aromatic heterocycles. The Hall–Kier alpha value is -1.76. The van der Waals surface area contributed by atoms with Crippen molar-refractivity contribution in [3.05, 3.63) is 52.1 Å². The summed E-state index contributed by atoms with van der Waals surface area (Å²) in [4.78, 5) is 11.8. The summed E-state index contributed by atoms with van der Waals surface area (Å²) in [6.45, 7) is -0.0430. The van der Waals surface area contributed by atoms with Crippen LogP contribution in [0.5, 0.6) is 11.5 Å². The van der Waals surface area contributed by atoms with E-state index in [2.05, 4.69) is 27.9 Å². The van der Waals surface area contributed by atoms with Gasteiger partial charge in [-0.25, -0.2) is 0 Å². The Morgan fingerprint density at radius 3 is 2.55 bits per heavy atom. The lowest BCUT2D eigenvalue weighted by Gasteiger charge is -2.10. The summed E-state index contributed by atoms with van der Waals surface area (Å²) in [6, 6.07) is 14.8. The Labute approximate surface area is 131 Å². The SMILES string of the molecule is COc1ccccc1NC(=O)COc1ccc(I)cc1. The molecule has 0 aliphatic heterocycles. The lowest BCUT2D eigenvalue weighted by atomic mass is 10.3. The van der Waals surface area contributed by atoms with Gasteiger partial charge in [-0.15, -0.1) is 0 Å². The molecule has 0 bridgehead atoms. The van der Waals surface area contributed by atoms with Gasteiger partial charge in [0.05, 0.1) is 12.8 Å². The van der Waals surface area contributed by atoms with Gasteiger partial charge in [-0.05, 0) is 59.0 Å². The van der Waals surface area contributed by atoms with Crippen LogP contribution < -0.4 is 14.8 Å². The molecule has 0 fully saturated rings. The number of halogens is 1. The molecule has 0 aliphatic rings. The van der Waals surface area contributed by atoms with E-state index in [0.29, 0.717) is 17.2 Å². The Kier molecular flexibility index (Phi) is 5.23. The number of nitrogens with one attached hydrogen (secondary N) is 1. The minimum atomic E-state index is -0.229. The van der Waals surface area contributed by atoms with Crippen molar-refractivity contribution in [2.24, 2.45) is 0 Å². The van der Waals surface area contributed by atoms with Crippen molar-refractivity contribution in [1.29, 1.82) is 0 Å². The van der Waals surface area contributed by atoms with E-state index in [9.17, 15) is 4.79 Å². The minimum absolute atomic E-state index is 0.0430. The summed E-state index contributed by atoms with van der Waals surface area (Å²) in [6.07, 6.45) is 0. The highest BCUT2D eigenvalue weighted by atomic mass is 127. The molecule has 0 unspecified atom stereocenters. The van der Waals surface area contributed by atoms with E-state index in [1.165, 1.54) is 0 Å². The molecule has 0 atom stereocenters. The standard InChI is InChI=1S/C15H14INO3/c1-19-14-5-3-2-4-13(14)17-15(18)10-20-12-8-6-11(16)7-9-12/h2-9H,10H2,1H3,(H,17,18). The van der Waals surface area contributed by atoms with Gasteiger partial charge in [-0.3, -0.25) is 4.79 Å². The van der Waals surface area contributed by atoms with Crippen LogP contribution in [0.1, 0.15) is 0 Å². The molecule has 4 nitrogen and oxygen atoms in total. The summed E-state index contributed by atoms with van der Waals surface area (Å²) >= 11 is 2.21. The number of ether oxygens (including phenoxy) is 2. The fourth-order valence-electron chi connectivity index (χ4n) is 1.61. The molecular weight excluding hydrogens is 369 g/mol. The lowest BCUT2D eigenvalue weighted by Crippen LogP contribution is -2.20. The topological polar surface area (TPSA) is 47.6 Å². The zero-order valence-corrected chi connectivity index (χ0v) is 13.1. The Morgan fingerprint density at radius 2 is 1.85 bits per heavy atom. The number of benzene rings is 2. The van der Waals surface area contributed by atoms with Crippen molar-refractivity contribution in [1.82, 2.24) is 0 Å². The van der Waals surface area contributed by atoms with E-state index < -0.39 is 0 Å². The molecule has 20 heavy (non-hydrogen) atoms. The number of carbonyl (C=O) groups is 1. The first-order chi connectivity index (χ1) is 9.69. The average molecular weight is 383 g/mol. The molecular formula is C15H14INO3. The molecule has 5 heteroatoms. The monoisotopic (exact) mass is 383 g/mol. The quantitative estimate of drug-likeness (QED) is 0.806. The van der Waals surface area contributed by atoms with Crippen molar-refractivity contribution < 1.29 is 14.3 Å². The van der Waals surface area contributed by atoms with Crippen LogP contribution in [0.15, 0.2) is 48.5 Å². The first-order valence-corrected chi connectivity index (χ1v) is 7.08. The summed E-state index contributed by atoms with van der Waals surface area (Å²) in [7, 11) is 1.56. The van der Waals surface area contributed by atoms with Crippen molar-refractivity contribution in [3.63, 3.8) is 0 Å². The largest absolute Gasteiger partial charge is 0.495 e. The molecule has 2 aromatic rings. The smallest absolute Gasteiger partial charge is 0.262 e. The summed E-state index contributed by atoms with van der Waals surface area (Å²) in [5, 5.41) is 2.75. The van der Waals surface area contributed by atoms with Crippen LogP contribution in [0.2, 0.25) is 0 Å². The summed E-state index contributed by atoms with van der Waals surface area (Å²) in [5.41, 5.74) is 0.631. The van der Waals surface area contributed by atoms with Crippen LogP contribution in [0.25, 0.3) is 0 Å². The van der Waals surface area contributed by atoms with E-state index in [0.717, 1.165) is 3.57 Å². The summed E-state index contributed by atoms with van der Waals surface area (Å²) in [5.74, 6) is 1.06. The third-order valence-corrected chi connectivity index (χ3v) is 3.28. The predicted molar refractivity (Wildman–Crippen MR) is 86.3 cm³/mol. The number of rotatable bonds is 5. The second kappa shape index (κ2) is 7.14. The number of hydrogen-bond acceptors (Lipinski definition) is 3. The molecule has 1 N–H and O–H groups in total. The van der Waals surface area contributed by atoms with Crippen LogP contribution in [0.4, 0.5) is 5.69 Å². The first-order valence-electron chi connectivity index (χ1n) is 6.00. The van der Waals surface area contributed by atoms with Gasteiger partial charge in [-0.1, -0.05) is 12.1 Å².